The van der Waals surface area contributed by atoms with E-state index in [0.717, 1.165) is 0 Å². The summed E-state index contributed by atoms with van der Waals surface area (Å²) in [7, 11) is 0. The van der Waals surface area contributed by atoms with Gasteiger partial charge in [-0.3, -0.25) is 5.10 Å². The number of nitrogens with one attached hydrogen (secondary N) is 1. The predicted molar refractivity (Wildman–Crippen MR) is 78.9 cm³/mol. The highest BCUT2D eigenvalue weighted by Gasteiger charge is 2.21. The fraction of sp³-hybridized carbons (Fsp3) is 0.308. The number of aromatic hydroxyl groups is 2. The Morgan fingerprint density at radius 2 is 2.05 bits per heavy atom. The summed E-state index contributed by atoms with van der Waals surface area (Å²) >= 11 is 5.14. The predicted octanol–water partition coefficient (Wildman–Crippen LogP) is 2.53. The molecule has 3 N–H and O–H groups in total. The zero-order valence-electron chi connectivity index (χ0n) is 11.5. The van der Waals surface area contributed by atoms with E-state index in [2.05, 4.69) is 15.3 Å². The maximum Gasteiger partial charge on any atom is 0.216 e. The Bertz CT molecular complexity index is 710. The van der Waals surface area contributed by atoms with Crippen molar-refractivity contribution >= 4 is 18.4 Å². The van der Waals surface area contributed by atoms with Crippen molar-refractivity contribution in [1.29, 1.82) is 0 Å². The number of phenolic OH excluding ortho intramolecular Hbond substituents is 2. The largest absolute Gasteiger partial charge is 0.508 e. The van der Waals surface area contributed by atoms with Gasteiger partial charge in [-0.15, -0.1) is 0 Å². The highest BCUT2D eigenvalue weighted by molar-refractivity contribution is 7.71. The Morgan fingerprint density at radius 1 is 1.35 bits per heavy atom. The summed E-state index contributed by atoms with van der Waals surface area (Å²) in [5.74, 6) is 0.632. The van der Waals surface area contributed by atoms with Crippen molar-refractivity contribution in [1.82, 2.24) is 14.9 Å². The smallest absolute Gasteiger partial charge is 0.216 e. The number of phenols is 2. The van der Waals surface area contributed by atoms with Crippen LogP contribution in [0.4, 0.5) is 0 Å². The SMILES string of the molecule is CC(C)(C)c1n[nH]c(=S)n1/N=C/c1ccc(O)cc1O. The lowest BCUT2D eigenvalue weighted by atomic mass is 9.96. The van der Waals surface area contributed by atoms with Crippen molar-refractivity contribution in [3.63, 3.8) is 0 Å². The first-order valence-corrected chi connectivity index (χ1v) is 6.44. The molecule has 0 aliphatic heterocycles. The molecule has 0 bridgehead atoms. The van der Waals surface area contributed by atoms with Crippen LogP contribution in [-0.2, 0) is 5.41 Å². The lowest BCUT2D eigenvalue weighted by Crippen LogP contribution is -2.17. The van der Waals surface area contributed by atoms with E-state index in [1.807, 2.05) is 20.8 Å². The van der Waals surface area contributed by atoms with Gasteiger partial charge in [-0.1, -0.05) is 20.8 Å². The van der Waals surface area contributed by atoms with E-state index < -0.39 is 0 Å². The molecular weight excluding hydrogens is 276 g/mol. The van der Waals surface area contributed by atoms with E-state index in [-0.39, 0.29) is 16.9 Å². The molecule has 0 aliphatic rings. The molecule has 0 spiro atoms. The summed E-state index contributed by atoms with van der Waals surface area (Å²) in [4.78, 5) is 0. The average Bonchev–Trinajstić information content (AvgIpc) is 2.69. The molecule has 0 saturated heterocycles. The van der Waals surface area contributed by atoms with Gasteiger partial charge in [-0.2, -0.15) is 14.9 Å². The van der Waals surface area contributed by atoms with Crippen LogP contribution in [0.3, 0.4) is 0 Å². The molecule has 0 saturated carbocycles. The van der Waals surface area contributed by atoms with Crippen LogP contribution < -0.4 is 0 Å². The Balaban J connectivity index is 2.42. The molecule has 0 unspecified atom stereocenters. The lowest BCUT2D eigenvalue weighted by molar-refractivity contribution is 0.450. The van der Waals surface area contributed by atoms with Crippen LogP contribution in [0.2, 0.25) is 0 Å². The number of nitrogens with zero attached hydrogens (tertiary/aromatic N) is 3. The van der Waals surface area contributed by atoms with Gasteiger partial charge in [0.2, 0.25) is 4.77 Å². The minimum Gasteiger partial charge on any atom is -0.508 e. The van der Waals surface area contributed by atoms with Crippen molar-refractivity contribution in [2.45, 2.75) is 26.2 Å². The van der Waals surface area contributed by atoms with Crippen molar-refractivity contribution in [2.24, 2.45) is 5.10 Å². The molecule has 0 amide bonds. The molecule has 1 heterocycles. The summed E-state index contributed by atoms with van der Waals surface area (Å²) in [6, 6.07) is 4.29. The maximum absolute atomic E-state index is 9.71. The van der Waals surface area contributed by atoms with Crippen LogP contribution in [0.5, 0.6) is 11.5 Å². The van der Waals surface area contributed by atoms with E-state index in [9.17, 15) is 10.2 Å². The Hall–Kier alpha value is -2.15. The topological polar surface area (TPSA) is 86.4 Å². The molecular formula is C13H16N4O2S. The first kappa shape index (κ1) is 14.3. The number of rotatable bonds is 2. The van der Waals surface area contributed by atoms with Crippen LogP contribution in [0.25, 0.3) is 0 Å². The lowest BCUT2D eigenvalue weighted by Gasteiger charge is -2.15. The number of H-pyrrole nitrogens is 1. The average molecular weight is 292 g/mol. The van der Waals surface area contributed by atoms with Gasteiger partial charge in [-0.25, -0.2) is 0 Å². The summed E-state index contributed by atoms with van der Waals surface area (Å²) in [5, 5.41) is 30.1. The van der Waals surface area contributed by atoms with Crippen LogP contribution in [0.15, 0.2) is 23.3 Å². The minimum absolute atomic E-state index is 0.00467. The van der Waals surface area contributed by atoms with Gasteiger partial charge in [0.25, 0.3) is 0 Å². The summed E-state index contributed by atoms with van der Waals surface area (Å²) in [5.41, 5.74) is 0.257. The molecule has 0 aliphatic carbocycles. The van der Waals surface area contributed by atoms with E-state index in [1.165, 1.54) is 23.0 Å². The molecule has 1 aromatic heterocycles. The number of aromatic amines is 1. The molecule has 20 heavy (non-hydrogen) atoms. The van der Waals surface area contributed by atoms with E-state index in [0.29, 0.717) is 16.2 Å². The van der Waals surface area contributed by atoms with Gasteiger partial charge in [0.15, 0.2) is 5.82 Å². The Morgan fingerprint density at radius 3 is 2.65 bits per heavy atom. The third kappa shape index (κ3) is 2.88. The molecule has 7 heteroatoms. The zero-order chi connectivity index (χ0) is 14.9. The van der Waals surface area contributed by atoms with E-state index >= 15 is 0 Å². The number of hydrogen-bond acceptors (Lipinski definition) is 5. The molecule has 0 atom stereocenters. The summed E-state index contributed by atoms with van der Waals surface area (Å²) in [6.07, 6.45) is 1.47. The molecule has 1 aromatic carbocycles. The van der Waals surface area contributed by atoms with Crippen molar-refractivity contribution in [3.05, 3.63) is 34.4 Å². The van der Waals surface area contributed by atoms with Crippen LogP contribution in [0, 0.1) is 4.77 Å². The maximum atomic E-state index is 9.71. The first-order chi connectivity index (χ1) is 9.29. The minimum atomic E-state index is -0.220. The summed E-state index contributed by atoms with van der Waals surface area (Å²) < 4.78 is 1.89. The van der Waals surface area contributed by atoms with Crippen molar-refractivity contribution in [3.8, 4) is 11.5 Å². The van der Waals surface area contributed by atoms with Crippen molar-refractivity contribution in [2.75, 3.05) is 0 Å². The number of aromatic nitrogens is 3. The highest BCUT2D eigenvalue weighted by Crippen LogP contribution is 2.22. The van der Waals surface area contributed by atoms with E-state index in [1.54, 1.807) is 6.07 Å². The van der Waals surface area contributed by atoms with E-state index in [4.69, 9.17) is 12.2 Å². The number of hydrogen-bond donors (Lipinski definition) is 3. The summed E-state index contributed by atoms with van der Waals surface area (Å²) in [6.45, 7) is 6.01. The monoisotopic (exact) mass is 292 g/mol. The van der Waals surface area contributed by atoms with Gasteiger partial charge in [-0.05, 0) is 24.4 Å². The number of benzene rings is 1. The van der Waals surface area contributed by atoms with Crippen LogP contribution in [-0.4, -0.2) is 31.3 Å². The van der Waals surface area contributed by atoms with Gasteiger partial charge < -0.3 is 10.2 Å². The second kappa shape index (κ2) is 5.09. The third-order valence-corrected chi connectivity index (χ3v) is 2.91. The molecule has 0 fully saturated rings. The Kier molecular flexibility index (Phi) is 3.63. The third-order valence-electron chi connectivity index (χ3n) is 2.65. The highest BCUT2D eigenvalue weighted by atomic mass is 32.1. The standard InChI is InChI=1S/C13H16N4O2S/c1-13(2,3)11-15-16-12(20)17(11)14-7-8-4-5-9(18)6-10(8)19/h4-7,18-19H,1-3H3,(H,16,20)/b14-7+. The normalized spacial score (nSPS) is 12.2. The fourth-order valence-corrected chi connectivity index (χ4v) is 1.82. The fourth-order valence-electron chi connectivity index (χ4n) is 1.65. The van der Waals surface area contributed by atoms with Crippen LogP contribution >= 0.6 is 12.2 Å². The zero-order valence-corrected chi connectivity index (χ0v) is 12.3. The van der Waals surface area contributed by atoms with Crippen LogP contribution in [0.1, 0.15) is 32.2 Å². The van der Waals surface area contributed by atoms with Gasteiger partial charge in [0.05, 0.1) is 6.21 Å². The molecule has 2 aromatic rings. The molecule has 6 nitrogen and oxygen atoms in total. The second-order valence-electron chi connectivity index (χ2n) is 5.40. The Labute approximate surface area is 121 Å². The second-order valence-corrected chi connectivity index (χ2v) is 5.79. The molecule has 0 radical (unpaired) electrons. The molecule has 106 valence electrons. The first-order valence-electron chi connectivity index (χ1n) is 6.03. The van der Waals surface area contributed by atoms with Gasteiger partial charge in [0.1, 0.15) is 11.5 Å². The van der Waals surface area contributed by atoms with Gasteiger partial charge >= 0.3 is 0 Å². The quantitative estimate of drug-likeness (QED) is 0.586. The molecule has 2 rings (SSSR count). The van der Waals surface area contributed by atoms with Crippen molar-refractivity contribution < 1.29 is 10.2 Å². The van der Waals surface area contributed by atoms with Gasteiger partial charge in [0, 0.05) is 17.0 Å².